The molecule has 0 aromatic rings. The van der Waals surface area contributed by atoms with Crippen LogP contribution in [0.25, 0.3) is 0 Å². The van der Waals surface area contributed by atoms with Crippen molar-refractivity contribution in [2.24, 2.45) is 0 Å². The van der Waals surface area contributed by atoms with Crippen molar-refractivity contribution in [3.8, 4) is 0 Å². The van der Waals surface area contributed by atoms with E-state index in [1.165, 1.54) is 0 Å². The second-order valence-electron chi connectivity index (χ2n) is 5.35. The minimum Gasteiger partial charge on any atom is -0.463 e. The lowest BCUT2D eigenvalue weighted by molar-refractivity contribution is -0.259. The number of hydrogen-bond donors (Lipinski definition) is 1. The summed E-state index contributed by atoms with van der Waals surface area (Å²) in [6.07, 6.45) is -12.3. The maximum absolute atomic E-state index is 13.2. The van der Waals surface area contributed by atoms with E-state index in [1.54, 1.807) is 6.92 Å². The highest BCUT2D eigenvalue weighted by Crippen LogP contribution is 2.38. The predicted molar refractivity (Wildman–Crippen MR) is 67.0 cm³/mol. The largest absolute Gasteiger partial charge is 0.463 e. The summed E-state index contributed by atoms with van der Waals surface area (Å²) in [6.45, 7) is 1.74. The molecule has 2 unspecified atom stereocenters. The van der Waals surface area contributed by atoms with Gasteiger partial charge >= 0.3 is 33.5 Å². The Morgan fingerprint density at radius 2 is 1.68 bits per heavy atom. The van der Waals surface area contributed by atoms with Gasteiger partial charge in [-0.15, -0.1) is 0 Å². The van der Waals surface area contributed by atoms with Gasteiger partial charge in [0.1, 0.15) is 12.2 Å². The topological polar surface area (TPSA) is 120 Å². The number of carbonyl (C=O) groups is 2. The molecule has 0 spiro atoms. The van der Waals surface area contributed by atoms with E-state index in [1.807, 2.05) is 0 Å². The molecular weight excluding hydrogens is 387 g/mol. The van der Waals surface area contributed by atoms with Crippen molar-refractivity contribution in [2.45, 2.75) is 42.9 Å². The Kier molecular flexibility index (Phi) is 6.01. The molecule has 8 nitrogen and oxygen atoms in total. The van der Waals surface area contributed by atoms with Gasteiger partial charge in [0.2, 0.25) is 0 Å². The molecule has 0 saturated carbocycles. The van der Waals surface area contributed by atoms with Gasteiger partial charge in [-0.1, -0.05) is 0 Å². The molecule has 1 fully saturated rings. The number of rotatable bonds is 8. The van der Waals surface area contributed by atoms with E-state index in [0.717, 1.165) is 0 Å². The molecule has 14 heteroatoms. The zero-order valence-electron chi connectivity index (χ0n) is 12.5. The Labute approximate surface area is 138 Å². The van der Waals surface area contributed by atoms with Gasteiger partial charge in [-0.25, -0.2) is 0 Å². The van der Waals surface area contributed by atoms with Crippen LogP contribution in [0.15, 0.2) is 0 Å². The van der Waals surface area contributed by atoms with Gasteiger partial charge in [-0.2, -0.15) is 30.4 Å². The van der Waals surface area contributed by atoms with Crippen LogP contribution in [0.4, 0.5) is 22.0 Å². The number of ether oxygens (including phenoxy) is 3. The first-order chi connectivity index (χ1) is 11.1. The minimum atomic E-state index is -6.52. The highest BCUT2D eigenvalue weighted by molar-refractivity contribution is 7.86. The molecule has 0 bridgehead atoms. The smallest absolute Gasteiger partial charge is 0.432 e. The summed E-state index contributed by atoms with van der Waals surface area (Å²) < 4.78 is 106. The maximum atomic E-state index is 13.2. The van der Waals surface area contributed by atoms with Crippen molar-refractivity contribution in [1.82, 2.24) is 0 Å². The van der Waals surface area contributed by atoms with Crippen LogP contribution in [0.3, 0.4) is 0 Å². The second kappa shape index (κ2) is 6.99. The van der Waals surface area contributed by atoms with Gasteiger partial charge in [-0.3, -0.25) is 14.1 Å². The average molecular weight is 400 g/mol. The molecule has 0 aliphatic carbocycles. The van der Waals surface area contributed by atoms with E-state index in [9.17, 15) is 40.0 Å². The van der Waals surface area contributed by atoms with Crippen LogP contribution in [0.1, 0.15) is 19.8 Å². The fourth-order valence-corrected chi connectivity index (χ4v) is 1.82. The molecule has 0 aromatic heterocycles. The number of epoxide rings is 1. The first-order valence-corrected chi connectivity index (χ1v) is 7.93. The van der Waals surface area contributed by atoms with Crippen molar-refractivity contribution in [3.63, 3.8) is 0 Å². The number of esters is 2. The Hall–Kier alpha value is -1.54. The molecule has 1 heterocycles. The molecule has 1 saturated heterocycles. The molecule has 146 valence electrons. The maximum Gasteiger partial charge on any atom is 0.432 e. The molecule has 0 amide bonds. The summed E-state index contributed by atoms with van der Waals surface area (Å²) in [4.78, 5) is 22.5. The first kappa shape index (κ1) is 21.5. The Morgan fingerprint density at radius 1 is 1.20 bits per heavy atom. The first-order valence-electron chi connectivity index (χ1n) is 6.49. The fourth-order valence-electron chi connectivity index (χ4n) is 1.37. The van der Waals surface area contributed by atoms with Crippen LogP contribution in [0.2, 0.25) is 0 Å². The van der Waals surface area contributed by atoms with Gasteiger partial charge < -0.3 is 14.2 Å². The van der Waals surface area contributed by atoms with Crippen LogP contribution in [-0.2, 0) is 33.9 Å². The van der Waals surface area contributed by atoms with E-state index in [-0.39, 0.29) is 6.61 Å². The Balaban J connectivity index is 2.62. The zero-order valence-corrected chi connectivity index (χ0v) is 13.3. The van der Waals surface area contributed by atoms with Crippen LogP contribution in [-0.4, -0.2) is 61.3 Å². The van der Waals surface area contributed by atoms with Crippen molar-refractivity contribution < 1.29 is 58.7 Å². The predicted octanol–water partition coefficient (Wildman–Crippen LogP) is 1.05. The summed E-state index contributed by atoms with van der Waals surface area (Å²) >= 11 is 0. The molecule has 1 aliphatic heterocycles. The third-order valence-corrected chi connectivity index (χ3v) is 3.81. The molecule has 1 N–H and O–H groups in total. The van der Waals surface area contributed by atoms with Crippen molar-refractivity contribution >= 4 is 22.1 Å². The standard InChI is InChI=1S/C11H13F5O8S/c1-9(5-23-9)4-22-6(17)2-3-7(18)24-8(10(12,13)14)11(15,16)25(19,20)21/h8H,2-5H2,1H3,(H,19,20,21). The third kappa shape index (κ3) is 6.04. The van der Waals surface area contributed by atoms with Gasteiger partial charge in [-0.05, 0) is 6.92 Å². The number of carbonyl (C=O) groups excluding carboxylic acids is 2. The summed E-state index contributed by atoms with van der Waals surface area (Å²) in [5, 5.41) is -5.82. The molecule has 1 rings (SSSR count). The van der Waals surface area contributed by atoms with Crippen molar-refractivity contribution in [2.75, 3.05) is 13.2 Å². The Morgan fingerprint density at radius 3 is 2.08 bits per heavy atom. The van der Waals surface area contributed by atoms with Crippen LogP contribution in [0.5, 0.6) is 0 Å². The second-order valence-corrected chi connectivity index (χ2v) is 6.84. The average Bonchev–Trinajstić information content (AvgIpc) is 3.16. The van der Waals surface area contributed by atoms with Gasteiger partial charge in [0, 0.05) is 0 Å². The highest BCUT2D eigenvalue weighted by atomic mass is 32.2. The molecule has 0 radical (unpaired) electrons. The van der Waals surface area contributed by atoms with Crippen LogP contribution >= 0.6 is 0 Å². The van der Waals surface area contributed by atoms with E-state index in [0.29, 0.717) is 6.61 Å². The molecule has 2 atom stereocenters. The monoisotopic (exact) mass is 400 g/mol. The van der Waals surface area contributed by atoms with Gasteiger partial charge in [0.05, 0.1) is 19.4 Å². The van der Waals surface area contributed by atoms with E-state index < -0.39 is 58.0 Å². The minimum absolute atomic E-state index is 0.174. The lowest BCUT2D eigenvalue weighted by atomic mass is 10.2. The Bertz CT molecular complexity index is 625. The molecular formula is C11H13F5O8S. The molecule has 0 aromatic carbocycles. The lowest BCUT2D eigenvalue weighted by Gasteiger charge is -2.26. The summed E-state index contributed by atoms with van der Waals surface area (Å²) in [5.41, 5.74) is -0.672. The van der Waals surface area contributed by atoms with Crippen molar-refractivity contribution in [1.29, 1.82) is 0 Å². The van der Waals surface area contributed by atoms with Crippen molar-refractivity contribution in [3.05, 3.63) is 0 Å². The van der Waals surface area contributed by atoms with E-state index >= 15 is 0 Å². The van der Waals surface area contributed by atoms with Gasteiger partial charge in [0.25, 0.3) is 6.10 Å². The number of alkyl halides is 5. The summed E-state index contributed by atoms with van der Waals surface area (Å²) in [5.74, 6) is -2.96. The summed E-state index contributed by atoms with van der Waals surface area (Å²) in [7, 11) is -6.52. The highest BCUT2D eigenvalue weighted by Gasteiger charge is 2.66. The fraction of sp³-hybridized carbons (Fsp3) is 0.818. The quantitative estimate of drug-likeness (QED) is 0.278. The van der Waals surface area contributed by atoms with Crippen LogP contribution in [0, 0.1) is 0 Å². The SMILES string of the molecule is CC1(COC(=O)CCC(=O)OC(C(F)(F)F)C(F)(F)S(=O)(=O)O)CO1. The molecule has 25 heavy (non-hydrogen) atoms. The van der Waals surface area contributed by atoms with E-state index in [2.05, 4.69) is 9.47 Å². The van der Waals surface area contributed by atoms with E-state index in [4.69, 9.17) is 9.29 Å². The lowest BCUT2D eigenvalue weighted by Crippen LogP contribution is -2.52. The number of hydrogen-bond acceptors (Lipinski definition) is 7. The normalized spacial score (nSPS) is 22.2. The third-order valence-electron chi connectivity index (χ3n) is 2.90. The zero-order chi connectivity index (χ0) is 19.7. The van der Waals surface area contributed by atoms with Crippen LogP contribution < -0.4 is 0 Å². The molecule has 1 aliphatic rings. The van der Waals surface area contributed by atoms with Gasteiger partial charge in [0.15, 0.2) is 0 Å². The number of halogens is 5. The summed E-state index contributed by atoms with van der Waals surface area (Å²) in [6, 6.07) is 0.